The van der Waals surface area contributed by atoms with Crippen molar-refractivity contribution >= 4 is 46.5 Å². The van der Waals surface area contributed by atoms with E-state index in [1.807, 2.05) is 12.1 Å². The lowest BCUT2D eigenvalue weighted by Crippen LogP contribution is -2.30. The van der Waals surface area contributed by atoms with Crippen molar-refractivity contribution in [2.45, 2.75) is 46.0 Å². The summed E-state index contributed by atoms with van der Waals surface area (Å²) in [5.41, 5.74) is 2.82. The Hall–Kier alpha value is -2.42. The maximum absolute atomic E-state index is 11.8. The molecule has 35 heavy (non-hydrogen) atoms. The van der Waals surface area contributed by atoms with Crippen LogP contribution in [0.3, 0.4) is 0 Å². The average Bonchev–Trinajstić information content (AvgIpc) is 3.58. The summed E-state index contributed by atoms with van der Waals surface area (Å²) in [6, 6.07) is 9.19. The third-order valence-corrected chi connectivity index (χ3v) is 6.47. The highest BCUT2D eigenvalue weighted by atomic mass is 79.9. The summed E-state index contributed by atoms with van der Waals surface area (Å²) in [5, 5.41) is 0.291. The van der Waals surface area contributed by atoms with Crippen LogP contribution in [0.5, 0.6) is 17.2 Å². The third-order valence-electron chi connectivity index (χ3n) is 6.07. The minimum absolute atomic E-state index is 0. The summed E-state index contributed by atoms with van der Waals surface area (Å²) < 4.78 is 16.0. The fourth-order valence-electron chi connectivity index (χ4n) is 4.47. The van der Waals surface area contributed by atoms with Crippen LogP contribution in [0, 0.1) is 5.92 Å². The molecule has 9 heteroatoms. The van der Waals surface area contributed by atoms with E-state index in [1.165, 1.54) is 33.6 Å². The van der Waals surface area contributed by atoms with Crippen molar-refractivity contribution in [3.05, 3.63) is 52.0 Å². The first kappa shape index (κ1) is 27.2. The number of fused-ring (bicyclic) bond motifs is 1. The zero-order valence-corrected chi connectivity index (χ0v) is 22.4. The lowest BCUT2D eigenvalue weighted by Gasteiger charge is -2.26. The molecule has 0 aromatic heterocycles. The molecular formula is C26H29BrClNO6. The first-order valence-electron chi connectivity index (χ1n) is 11.4. The van der Waals surface area contributed by atoms with E-state index in [2.05, 4.69) is 4.90 Å². The fourth-order valence-corrected chi connectivity index (χ4v) is 4.80. The summed E-state index contributed by atoms with van der Waals surface area (Å²) in [7, 11) is 0. The van der Waals surface area contributed by atoms with Gasteiger partial charge in [0, 0.05) is 46.3 Å². The maximum Gasteiger partial charge on any atom is 0.308 e. The number of rotatable bonds is 6. The summed E-state index contributed by atoms with van der Waals surface area (Å²) in [4.78, 5) is 37.3. The molecule has 7 nitrogen and oxygen atoms in total. The third kappa shape index (κ3) is 6.84. The molecule has 1 fully saturated rings. The first-order chi connectivity index (χ1) is 16.2. The van der Waals surface area contributed by atoms with Crippen molar-refractivity contribution in [2.75, 3.05) is 19.6 Å². The Balaban J connectivity index is 0.00000342. The smallest absolute Gasteiger partial charge is 0.308 e. The number of hydrogen-bond donors (Lipinski definition) is 0. The molecule has 1 saturated carbocycles. The molecule has 1 atom stereocenters. The molecule has 1 heterocycles. The predicted molar refractivity (Wildman–Crippen MR) is 137 cm³/mol. The monoisotopic (exact) mass is 565 g/mol. The standard InChI is InChI=1S/C26H28ClNO6.BrH/c1-15(29)32-20-8-6-19(7-9-20)23-14-28(13-18-4-5-18)11-10-21-22(23)12-24(33-16(2)30)26(25(21)27)34-17(3)31;/h6-9,12,18,23H,4-5,10-11,13-14H2,1-3H3;1H. The molecule has 1 aliphatic heterocycles. The van der Waals surface area contributed by atoms with Gasteiger partial charge in [-0.3, -0.25) is 14.4 Å². The summed E-state index contributed by atoms with van der Waals surface area (Å²) in [5.74, 6) is -0.126. The van der Waals surface area contributed by atoms with Crippen LogP contribution in [-0.4, -0.2) is 42.4 Å². The van der Waals surface area contributed by atoms with Crippen LogP contribution >= 0.6 is 28.6 Å². The highest BCUT2D eigenvalue weighted by Crippen LogP contribution is 2.45. The SMILES string of the molecule is Br.CC(=O)Oc1ccc(C2CN(CC3CC3)CCc3c2cc(OC(C)=O)c(OC(C)=O)c3Cl)cc1. The van der Waals surface area contributed by atoms with E-state index in [1.54, 1.807) is 18.2 Å². The van der Waals surface area contributed by atoms with Crippen LogP contribution in [0.1, 0.15) is 56.2 Å². The van der Waals surface area contributed by atoms with E-state index < -0.39 is 11.9 Å². The zero-order chi connectivity index (χ0) is 24.4. The lowest BCUT2D eigenvalue weighted by molar-refractivity contribution is -0.134. The van der Waals surface area contributed by atoms with Crippen LogP contribution in [0.25, 0.3) is 0 Å². The Kier molecular flexibility index (Phi) is 8.96. The average molecular weight is 567 g/mol. The molecule has 0 amide bonds. The lowest BCUT2D eigenvalue weighted by atomic mass is 9.87. The van der Waals surface area contributed by atoms with Crippen LogP contribution in [0.15, 0.2) is 30.3 Å². The van der Waals surface area contributed by atoms with Crippen molar-refractivity contribution in [3.63, 3.8) is 0 Å². The van der Waals surface area contributed by atoms with Gasteiger partial charge in [-0.2, -0.15) is 0 Å². The number of nitrogens with zero attached hydrogens (tertiary/aromatic N) is 1. The predicted octanol–water partition coefficient (Wildman–Crippen LogP) is 5.09. The van der Waals surface area contributed by atoms with E-state index in [0.717, 1.165) is 42.2 Å². The van der Waals surface area contributed by atoms with Gasteiger partial charge in [0.15, 0.2) is 11.5 Å². The summed E-state index contributed by atoms with van der Waals surface area (Å²) >= 11 is 6.79. The van der Waals surface area contributed by atoms with Gasteiger partial charge in [0.05, 0.1) is 5.02 Å². The molecule has 1 unspecified atom stereocenters. The van der Waals surface area contributed by atoms with Crippen molar-refractivity contribution in [1.82, 2.24) is 4.90 Å². The van der Waals surface area contributed by atoms with Crippen LogP contribution in [0.2, 0.25) is 5.02 Å². The molecule has 0 radical (unpaired) electrons. The van der Waals surface area contributed by atoms with Crippen LogP contribution in [-0.2, 0) is 20.8 Å². The number of esters is 3. The normalized spacial score (nSPS) is 17.4. The molecule has 0 spiro atoms. The quantitative estimate of drug-likeness (QED) is 0.356. The summed E-state index contributed by atoms with van der Waals surface area (Å²) in [6.45, 7) is 6.53. The number of carbonyl (C=O) groups excluding carboxylic acids is 3. The zero-order valence-electron chi connectivity index (χ0n) is 20.0. The second-order valence-corrected chi connectivity index (χ2v) is 9.32. The van der Waals surface area contributed by atoms with Gasteiger partial charge in [0.2, 0.25) is 0 Å². The number of carbonyl (C=O) groups is 3. The first-order valence-corrected chi connectivity index (χ1v) is 11.8. The van der Waals surface area contributed by atoms with Gasteiger partial charge in [0.25, 0.3) is 0 Å². The van der Waals surface area contributed by atoms with Crippen molar-refractivity contribution in [2.24, 2.45) is 5.92 Å². The number of hydrogen-bond acceptors (Lipinski definition) is 7. The Morgan fingerprint density at radius 3 is 2.17 bits per heavy atom. The Morgan fingerprint density at radius 2 is 1.60 bits per heavy atom. The highest BCUT2D eigenvalue weighted by Gasteiger charge is 2.32. The van der Waals surface area contributed by atoms with Crippen molar-refractivity contribution in [3.8, 4) is 17.2 Å². The Morgan fingerprint density at radius 1 is 0.971 bits per heavy atom. The second kappa shape index (κ2) is 11.5. The van der Waals surface area contributed by atoms with E-state index in [-0.39, 0.29) is 40.4 Å². The summed E-state index contributed by atoms with van der Waals surface area (Å²) in [6.07, 6.45) is 3.18. The second-order valence-electron chi connectivity index (χ2n) is 8.94. The van der Waals surface area contributed by atoms with Gasteiger partial charge < -0.3 is 19.1 Å². The molecule has 188 valence electrons. The number of benzene rings is 2. The van der Waals surface area contributed by atoms with Crippen molar-refractivity contribution < 1.29 is 28.6 Å². The molecule has 2 aromatic carbocycles. The fraction of sp³-hybridized carbons (Fsp3) is 0.423. The van der Waals surface area contributed by atoms with E-state index >= 15 is 0 Å². The molecule has 2 aliphatic rings. The molecule has 4 rings (SSSR count). The molecular weight excluding hydrogens is 538 g/mol. The number of halogens is 2. The topological polar surface area (TPSA) is 82.1 Å². The van der Waals surface area contributed by atoms with Gasteiger partial charge in [-0.1, -0.05) is 23.7 Å². The van der Waals surface area contributed by atoms with Crippen LogP contribution < -0.4 is 14.2 Å². The highest BCUT2D eigenvalue weighted by molar-refractivity contribution is 8.93. The Labute approximate surface area is 220 Å². The molecule has 0 N–H and O–H groups in total. The van der Waals surface area contributed by atoms with Crippen LogP contribution in [0.4, 0.5) is 0 Å². The van der Waals surface area contributed by atoms with Gasteiger partial charge in [0.1, 0.15) is 5.75 Å². The minimum Gasteiger partial charge on any atom is -0.427 e. The number of ether oxygens (including phenoxy) is 3. The van der Waals surface area contributed by atoms with Gasteiger partial charge >= 0.3 is 17.9 Å². The molecule has 1 aliphatic carbocycles. The molecule has 0 bridgehead atoms. The van der Waals surface area contributed by atoms with Gasteiger partial charge in [-0.15, -0.1) is 17.0 Å². The maximum atomic E-state index is 11.8. The largest absolute Gasteiger partial charge is 0.427 e. The van der Waals surface area contributed by atoms with E-state index in [9.17, 15) is 14.4 Å². The molecule has 0 saturated heterocycles. The molecule has 2 aromatic rings. The minimum atomic E-state index is -0.545. The van der Waals surface area contributed by atoms with Gasteiger partial charge in [-0.25, -0.2) is 0 Å². The van der Waals surface area contributed by atoms with Crippen molar-refractivity contribution in [1.29, 1.82) is 0 Å². The van der Waals surface area contributed by atoms with E-state index in [0.29, 0.717) is 17.2 Å². The van der Waals surface area contributed by atoms with E-state index in [4.69, 9.17) is 25.8 Å². The van der Waals surface area contributed by atoms with Gasteiger partial charge in [-0.05, 0) is 60.1 Å². The Bertz CT molecular complexity index is 1120.